The third-order valence-corrected chi connectivity index (χ3v) is 5.31. The van der Waals surface area contributed by atoms with E-state index in [0.717, 1.165) is 23.8 Å². The van der Waals surface area contributed by atoms with Gasteiger partial charge in [-0.1, -0.05) is 12.8 Å². The minimum Gasteiger partial charge on any atom is -0.397 e. The Morgan fingerprint density at radius 3 is 2.83 bits per heavy atom. The van der Waals surface area contributed by atoms with Crippen LogP contribution in [-0.2, 0) is 0 Å². The van der Waals surface area contributed by atoms with Crippen molar-refractivity contribution in [2.24, 2.45) is 5.92 Å². The fraction of sp³-hybridized carbons (Fsp3) is 0.643. The largest absolute Gasteiger partial charge is 0.397 e. The molecule has 1 saturated carbocycles. The van der Waals surface area contributed by atoms with Gasteiger partial charge in [0.25, 0.3) is 5.91 Å². The molecule has 1 aliphatic carbocycles. The average Bonchev–Trinajstić information content (AvgIpc) is 2.83. The number of fused-ring (bicyclic) bond motifs is 1. The summed E-state index contributed by atoms with van der Waals surface area (Å²) in [5.74, 6) is 0.900. The van der Waals surface area contributed by atoms with Gasteiger partial charge in [0.2, 0.25) is 0 Å². The molecule has 1 saturated heterocycles. The Bertz CT molecular complexity index is 441. The number of nitrogens with two attached hydrogens (primary N) is 1. The van der Waals surface area contributed by atoms with Gasteiger partial charge in [-0.2, -0.15) is 0 Å². The van der Waals surface area contributed by atoms with E-state index in [-0.39, 0.29) is 5.91 Å². The fourth-order valence-corrected chi connectivity index (χ4v) is 4.27. The van der Waals surface area contributed by atoms with E-state index in [2.05, 4.69) is 4.90 Å². The third kappa shape index (κ3) is 2.03. The summed E-state index contributed by atoms with van der Waals surface area (Å²) in [4.78, 5) is 15.4. The third-order valence-electron chi connectivity index (χ3n) is 4.39. The molecule has 2 atom stereocenters. The zero-order chi connectivity index (χ0) is 12.5. The van der Waals surface area contributed by atoms with Crippen LogP contribution in [0.5, 0.6) is 0 Å². The molecular formula is C14H20N2OS. The van der Waals surface area contributed by atoms with Gasteiger partial charge in [0.05, 0.1) is 5.69 Å². The highest BCUT2D eigenvalue weighted by atomic mass is 32.1. The summed E-state index contributed by atoms with van der Waals surface area (Å²) in [7, 11) is 0. The molecule has 0 spiro atoms. The molecule has 3 nitrogen and oxygen atoms in total. The predicted molar refractivity (Wildman–Crippen MR) is 74.7 cm³/mol. The van der Waals surface area contributed by atoms with Crippen molar-refractivity contribution in [2.75, 3.05) is 12.3 Å². The molecular weight excluding hydrogens is 244 g/mol. The number of thiophene rings is 1. The molecule has 2 N–H and O–H groups in total. The van der Waals surface area contributed by atoms with Crippen molar-refractivity contribution in [3.05, 3.63) is 16.3 Å². The second-order valence-electron chi connectivity index (χ2n) is 5.46. The predicted octanol–water partition coefficient (Wildman–Crippen LogP) is 3.13. The fourth-order valence-electron chi connectivity index (χ4n) is 3.50. The molecule has 2 aliphatic rings. The van der Waals surface area contributed by atoms with Crippen molar-refractivity contribution in [3.8, 4) is 0 Å². The van der Waals surface area contributed by atoms with Gasteiger partial charge in [0, 0.05) is 12.6 Å². The number of likely N-dealkylation sites (tertiary alicyclic amines) is 1. The molecule has 2 heterocycles. The lowest BCUT2D eigenvalue weighted by Crippen LogP contribution is -2.49. The average molecular weight is 264 g/mol. The highest BCUT2D eigenvalue weighted by Crippen LogP contribution is 2.36. The van der Waals surface area contributed by atoms with Crippen molar-refractivity contribution >= 4 is 22.9 Å². The van der Waals surface area contributed by atoms with Gasteiger partial charge >= 0.3 is 0 Å². The second-order valence-corrected chi connectivity index (χ2v) is 6.37. The Balaban J connectivity index is 1.82. The number of hydrogen-bond acceptors (Lipinski definition) is 3. The Kier molecular flexibility index (Phi) is 3.29. The lowest BCUT2D eigenvalue weighted by atomic mass is 9.78. The summed E-state index contributed by atoms with van der Waals surface area (Å²) in [6.07, 6.45) is 7.54. The number of amides is 1. The van der Waals surface area contributed by atoms with Crippen molar-refractivity contribution in [3.63, 3.8) is 0 Å². The Hall–Kier alpha value is -1.03. The van der Waals surface area contributed by atoms with Crippen LogP contribution < -0.4 is 5.73 Å². The molecule has 18 heavy (non-hydrogen) atoms. The maximum Gasteiger partial charge on any atom is 0.266 e. The summed E-state index contributed by atoms with van der Waals surface area (Å²) in [5, 5.41) is 1.91. The molecule has 1 aromatic heterocycles. The number of rotatable bonds is 1. The smallest absolute Gasteiger partial charge is 0.266 e. The maximum absolute atomic E-state index is 12.6. The van der Waals surface area contributed by atoms with E-state index in [1.807, 2.05) is 11.4 Å². The minimum absolute atomic E-state index is 0.166. The van der Waals surface area contributed by atoms with Crippen LogP contribution in [0, 0.1) is 5.92 Å². The van der Waals surface area contributed by atoms with E-state index in [9.17, 15) is 4.79 Å². The lowest BCUT2D eigenvalue weighted by Gasteiger charge is -2.44. The maximum atomic E-state index is 12.6. The molecule has 4 heteroatoms. The number of nitrogen functional groups attached to an aromatic ring is 1. The second kappa shape index (κ2) is 4.92. The number of anilines is 1. The number of hydrogen-bond donors (Lipinski definition) is 1. The van der Waals surface area contributed by atoms with Crippen molar-refractivity contribution in [1.82, 2.24) is 4.90 Å². The SMILES string of the molecule is Nc1ccsc1C(=O)N1CCCC2CCCCC21. The van der Waals surface area contributed by atoms with Gasteiger partial charge in [0.1, 0.15) is 4.88 Å². The lowest BCUT2D eigenvalue weighted by molar-refractivity contribution is 0.0396. The number of nitrogens with zero attached hydrogens (tertiary/aromatic N) is 1. The first-order valence-electron chi connectivity index (χ1n) is 6.91. The van der Waals surface area contributed by atoms with Crippen LogP contribution in [0.15, 0.2) is 11.4 Å². The molecule has 98 valence electrons. The summed E-state index contributed by atoms with van der Waals surface area (Å²) in [6.45, 7) is 0.914. The van der Waals surface area contributed by atoms with Gasteiger partial charge < -0.3 is 10.6 Å². The van der Waals surface area contributed by atoms with Crippen molar-refractivity contribution < 1.29 is 4.79 Å². The van der Waals surface area contributed by atoms with E-state index in [0.29, 0.717) is 11.7 Å². The van der Waals surface area contributed by atoms with E-state index in [1.165, 1.54) is 43.4 Å². The monoisotopic (exact) mass is 264 g/mol. The standard InChI is InChI=1S/C14H20N2OS/c15-11-7-9-18-13(11)14(17)16-8-3-5-10-4-1-2-6-12(10)16/h7,9-10,12H,1-6,8,15H2. The van der Waals surface area contributed by atoms with E-state index >= 15 is 0 Å². The molecule has 1 amide bonds. The Morgan fingerprint density at radius 1 is 1.28 bits per heavy atom. The zero-order valence-electron chi connectivity index (χ0n) is 10.6. The number of piperidine rings is 1. The first-order chi connectivity index (χ1) is 8.77. The summed E-state index contributed by atoms with van der Waals surface area (Å²) in [6, 6.07) is 2.31. The molecule has 0 aromatic carbocycles. The number of carbonyl (C=O) groups excluding carboxylic acids is 1. The van der Waals surface area contributed by atoms with Crippen LogP contribution in [0.4, 0.5) is 5.69 Å². The molecule has 1 aromatic rings. The summed E-state index contributed by atoms with van der Waals surface area (Å²) in [5.41, 5.74) is 6.52. The molecule has 3 rings (SSSR count). The Labute approximate surface area is 112 Å². The van der Waals surface area contributed by atoms with Crippen LogP contribution in [0.25, 0.3) is 0 Å². The van der Waals surface area contributed by atoms with Crippen LogP contribution in [0.1, 0.15) is 48.2 Å². The van der Waals surface area contributed by atoms with E-state index in [1.54, 1.807) is 0 Å². The minimum atomic E-state index is 0.166. The van der Waals surface area contributed by atoms with Crippen LogP contribution in [0.2, 0.25) is 0 Å². The molecule has 0 bridgehead atoms. The molecule has 1 aliphatic heterocycles. The van der Waals surface area contributed by atoms with Crippen LogP contribution >= 0.6 is 11.3 Å². The highest BCUT2D eigenvalue weighted by molar-refractivity contribution is 7.12. The van der Waals surface area contributed by atoms with E-state index in [4.69, 9.17) is 5.73 Å². The highest BCUT2D eigenvalue weighted by Gasteiger charge is 2.36. The Morgan fingerprint density at radius 2 is 2.06 bits per heavy atom. The van der Waals surface area contributed by atoms with E-state index < -0.39 is 0 Å². The van der Waals surface area contributed by atoms with Gasteiger partial charge in [-0.25, -0.2) is 0 Å². The topological polar surface area (TPSA) is 46.3 Å². The van der Waals surface area contributed by atoms with Crippen LogP contribution in [0.3, 0.4) is 0 Å². The quantitative estimate of drug-likeness (QED) is 0.847. The van der Waals surface area contributed by atoms with Gasteiger partial charge in [-0.3, -0.25) is 4.79 Å². The summed E-state index contributed by atoms with van der Waals surface area (Å²) >= 11 is 1.47. The van der Waals surface area contributed by atoms with Gasteiger partial charge in [0.15, 0.2) is 0 Å². The summed E-state index contributed by atoms with van der Waals surface area (Å²) < 4.78 is 0. The molecule has 2 unspecified atom stereocenters. The first-order valence-corrected chi connectivity index (χ1v) is 7.79. The van der Waals surface area contributed by atoms with Gasteiger partial charge in [-0.15, -0.1) is 11.3 Å². The molecule has 0 radical (unpaired) electrons. The number of carbonyl (C=O) groups is 1. The van der Waals surface area contributed by atoms with Gasteiger partial charge in [-0.05, 0) is 43.0 Å². The zero-order valence-corrected chi connectivity index (χ0v) is 11.4. The van der Waals surface area contributed by atoms with Crippen molar-refractivity contribution in [1.29, 1.82) is 0 Å². The van der Waals surface area contributed by atoms with Crippen LogP contribution in [-0.4, -0.2) is 23.4 Å². The normalized spacial score (nSPS) is 27.9. The van der Waals surface area contributed by atoms with Crippen molar-refractivity contribution in [2.45, 2.75) is 44.6 Å². The molecule has 2 fully saturated rings. The first kappa shape index (κ1) is 12.0.